The van der Waals surface area contributed by atoms with Crippen LogP contribution in [0.2, 0.25) is 0 Å². The Morgan fingerprint density at radius 1 is 0.368 bits per heavy atom. The molecule has 0 aliphatic heterocycles. The summed E-state index contributed by atoms with van der Waals surface area (Å²) in [4.78, 5) is 2.40. The van der Waals surface area contributed by atoms with Crippen molar-refractivity contribution in [3.63, 3.8) is 0 Å². The molecule has 1 aliphatic carbocycles. The number of hydrogen-bond acceptors (Lipinski definition) is 1. The minimum atomic E-state index is -0.0357. The lowest BCUT2D eigenvalue weighted by atomic mass is 9.81. The van der Waals surface area contributed by atoms with Crippen LogP contribution in [0.4, 0.5) is 17.1 Å². The lowest BCUT2D eigenvalue weighted by Gasteiger charge is -2.27. The monoisotopic (exact) mass is 728 g/mol. The molecule has 0 saturated carbocycles. The average Bonchev–Trinajstić information content (AvgIpc) is 3.72. The summed E-state index contributed by atoms with van der Waals surface area (Å²) in [7, 11) is 0. The third-order valence-corrected chi connectivity index (χ3v) is 12.2. The van der Waals surface area contributed by atoms with Gasteiger partial charge < -0.3 is 9.47 Å². The quantitative estimate of drug-likeness (QED) is 0.165. The maximum Gasteiger partial charge on any atom is 0.0541 e. The summed E-state index contributed by atoms with van der Waals surface area (Å²) in [5.74, 6) is 0. The highest BCUT2D eigenvalue weighted by atomic mass is 15.1. The SMILES string of the molecule is CC1(C)c2ccccc2-c2ccc(-c3ccc(N(c4ccccc4)c4ccc(-c5ccc6c(c5)c5ccccc5n6-c5ccccc5)c5ccccc45)cc3)cc21. The van der Waals surface area contributed by atoms with Gasteiger partial charge in [0.25, 0.3) is 0 Å². The minimum absolute atomic E-state index is 0.0357. The molecule has 0 spiro atoms. The van der Waals surface area contributed by atoms with Gasteiger partial charge in [0.2, 0.25) is 0 Å². The molecule has 0 amide bonds. The summed E-state index contributed by atoms with van der Waals surface area (Å²) in [6.07, 6.45) is 0. The Bertz CT molecular complexity index is 3130. The van der Waals surface area contributed by atoms with Crippen LogP contribution in [-0.2, 0) is 5.41 Å². The van der Waals surface area contributed by atoms with Crippen LogP contribution in [0, 0.1) is 0 Å². The zero-order chi connectivity index (χ0) is 38.1. The molecule has 0 N–H and O–H groups in total. The van der Waals surface area contributed by atoms with E-state index < -0.39 is 0 Å². The van der Waals surface area contributed by atoms with Gasteiger partial charge in [-0.2, -0.15) is 0 Å². The van der Waals surface area contributed by atoms with Gasteiger partial charge in [0, 0.05) is 38.6 Å². The molecule has 11 rings (SSSR count). The van der Waals surface area contributed by atoms with Crippen LogP contribution in [0.25, 0.3) is 71.6 Å². The molecule has 2 heteroatoms. The molecule has 10 aromatic rings. The van der Waals surface area contributed by atoms with Crippen LogP contribution in [0.15, 0.2) is 206 Å². The smallest absolute Gasteiger partial charge is 0.0541 e. The minimum Gasteiger partial charge on any atom is -0.310 e. The van der Waals surface area contributed by atoms with Gasteiger partial charge in [0.1, 0.15) is 0 Å². The summed E-state index contributed by atoms with van der Waals surface area (Å²) < 4.78 is 2.38. The van der Waals surface area contributed by atoms with E-state index in [2.05, 4.69) is 230 Å². The fourth-order valence-corrected chi connectivity index (χ4v) is 9.42. The highest BCUT2D eigenvalue weighted by Gasteiger charge is 2.35. The van der Waals surface area contributed by atoms with Crippen molar-refractivity contribution >= 4 is 49.6 Å². The zero-order valence-electron chi connectivity index (χ0n) is 32.0. The lowest BCUT2D eigenvalue weighted by molar-refractivity contribution is 0.660. The fraction of sp³-hybridized carbons (Fsp3) is 0.0545. The van der Waals surface area contributed by atoms with E-state index in [0.717, 1.165) is 17.1 Å². The van der Waals surface area contributed by atoms with Crippen molar-refractivity contribution in [1.29, 1.82) is 0 Å². The molecular formula is C55H40N2. The standard InChI is InChI=1S/C55H40N2/c1-55(2)50-23-13-11-20-45(50)46-31-27-38(36-51(46)55)37-25-29-42(30-26-37)56(40-15-5-3-6-16-40)53-34-32-43(44-19-9-10-21-47(44)53)39-28-33-54-49(35-39)48-22-12-14-24-52(48)57(54)41-17-7-4-8-18-41/h3-36H,1-2H3. The van der Waals surface area contributed by atoms with Gasteiger partial charge in [0.15, 0.2) is 0 Å². The van der Waals surface area contributed by atoms with Crippen molar-refractivity contribution in [2.24, 2.45) is 0 Å². The van der Waals surface area contributed by atoms with Crippen LogP contribution < -0.4 is 4.90 Å². The molecule has 0 atom stereocenters. The van der Waals surface area contributed by atoms with E-state index in [4.69, 9.17) is 0 Å². The second kappa shape index (κ2) is 13.0. The van der Waals surface area contributed by atoms with E-state index in [1.807, 2.05) is 0 Å². The number of aromatic nitrogens is 1. The maximum atomic E-state index is 2.41. The fourth-order valence-electron chi connectivity index (χ4n) is 9.42. The molecule has 2 nitrogen and oxygen atoms in total. The van der Waals surface area contributed by atoms with Gasteiger partial charge in [-0.1, -0.05) is 153 Å². The predicted octanol–water partition coefficient (Wildman–Crippen LogP) is 15.0. The number of rotatable bonds is 6. The Kier molecular flexibility index (Phi) is 7.55. The largest absolute Gasteiger partial charge is 0.310 e. The highest BCUT2D eigenvalue weighted by Crippen LogP contribution is 2.50. The molecule has 9 aromatic carbocycles. The maximum absolute atomic E-state index is 2.41. The first-order valence-electron chi connectivity index (χ1n) is 19.9. The molecule has 0 radical (unpaired) electrons. The predicted molar refractivity (Wildman–Crippen MR) is 241 cm³/mol. The second-order valence-electron chi connectivity index (χ2n) is 15.7. The van der Waals surface area contributed by atoms with E-state index in [-0.39, 0.29) is 5.41 Å². The zero-order valence-corrected chi connectivity index (χ0v) is 32.0. The Hall–Kier alpha value is -7.16. The first kappa shape index (κ1) is 33.2. The molecule has 0 unspecified atom stereocenters. The lowest BCUT2D eigenvalue weighted by Crippen LogP contribution is -2.14. The molecule has 1 aromatic heterocycles. The molecule has 0 fully saturated rings. The van der Waals surface area contributed by atoms with E-state index in [1.54, 1.807) is 0 Å². The first-order chi connectivity index (χ1) is 28.0. The van der Waals surface area contributed by atoms with Crippen LogP contribution in [0.5, 0.6) is 0 Å². The Morgan fingerprint density at radius 2 is 0.947 bits per heavy atom. The molecule has 1 heterocycles. The second-order valence-corrected chi connectivity index (χ2v) is 15.7. The van der Waals surface area contributed by atoms with Crippen LogP contribution in [0.1, 0.15) is 25.0 Å². The van der Waals surface area contributed by atoms with Crippen LogP contribution in [-0.4, -0.2) is 4.57 Å². The summed E-state index contributed by atoms with van der Waals surface area (Å²) in [5.41, 5.74) is 17.3. The van der Waals surface area contributed by atoms with Gasteiger partial charge >= 0.3 is 0 Å². The van der Waals surface area contributed by atoms with E-state index in [9.17, 15) is 0 Å². The number of hydrogen-bond donors (Lipinski definition) is 0. The number of benzene rings is 9. The number of anilines is 3. The summed E-state index contributed by atoms with van der Waals surface area (Å²) in [6, 6.07) is 75.5. The molecular weight excluding hydrogens is 689 g/mol. The van der Waals surface area contributed by atoms with Crippen LogP contribution >= 0.6 is 0 Å². The Morgan fingerprint density at radius 3 is 1.75 bits per heavy atom. The van der Waals surface area contributed by atoms with E-state index in [1.165, 1.54) is 82.8 Å². The molecule has 0 bridgehead atoms. The molecule has 270 valence electrons. The third kappa shape index (κ3) is 5.25. The van der Waals surface area contributed by atoms with Gasteiger partial charge in [-0.15, -0.1) is 0 Å². The summed E-state index contributed by atoms with van der Waals surface area (Å²) >= 11 is 0. The topological polar surface area (TPSA) is 8.17 Å². The number of nitrogens with zero attached hydrogens (tertiary/aromatic N) is 2. The molecule has 1 aliphatic rings. The van der Waals surface area contributed by atoms with Gasteiger partial charge in [-0.3, -0.25) is 0 Å². The first-order valence-corrected chi connectivity index (χ1v) is 19.9. The average molecular weight is 729 g/mol. The van der Waals surface area contributed by atoms with Crippen molar-refractivity contribution in [1.82, 2.24) is 4.57 Å². The Balaban J connectivity index is 1.01. The van der Waals surface area contributed by atoms with Crippen LogP contribution in [0.3, 0.4) is 0 Å². The van der Waals surface area contributed by atoms with Crippen molar-refractivity contribution in [2.45, 2.75) is 19.3 Å². The summed E-state index contributed by atoms with van der Waals surface area (Å²) in [5, 5.41) is 4.93. The third-order valence-electron chi connectivity index (χ3n) is 12.2. The number of para-hydroxylation sites is 3. The van der Waals surface area contributed by atoms with Crippen molar-refractivity contribution in [3.05, 3.63) is 217 Å². The van der Waals surface area contributed by atoms with Crippen molar-refractivity contribution in [3.8, 4) is 39.1 Å². The van der Waals surface area contributed by atoms with Gasteiger partial charge in [-0.25, -0.2) is 0 Å². The Labute approximate surface area is 333 Å². The summed E-state index contributed by atoms with van der Waals surface area (Å²) in [6.45, 7) is 4.70. The molecule has 0 saturated heterocycles. The highest BCUT2D eigenvalue weighted by molar-refractivity contribution is 6.12. The van der Waals surface area contributed by atoms with E-state index >= 15 is 0 Å². The van der Waals surface area contributed by atoms with Crippen molar-refractivity contribution in [2.75, 3.05) is 4.90 Å². The number of fused-ring (bicyclic) bond motifs is 7. The molecule has 57 heavy (non-hydrogen) atoms. The van der Waals surface area contributed by atoms with Gasteiger partial charge in [0.05, 0.1) is 16.7 Å². The van der Waals surface area contributed by atoms with Crippen molar-refractivity contribution < 1.29 is 0 Å². The van der Waals surface area contributed by atoms with Gasteiger partial charge in [-0.05, 0) is 117 Å². The normalized spacial score (nSPS) is 12.9. The van der Waals surface area contributed by atoms with E-state index in [0.29, 0.717) is 0 Å².